The molecule has 0 saturated heterocycles. The maximum atomic E-state index is 13.8. The first-order valence-electron chi connectivity index (χ1n) is 6.18. The van der Waals surface area contributed by atoms with Crippen molar-refractivity contribution in [3.05, 3.63) is 28.5 Å². The van der Waals surface area contributed by atoms with E-state index in [1.807, 2.05) is 0 Å². The standard InChI is InChI=1S/C13H15ClF3NO3.ClH/c1-3-20-10-8(14)5-7(6-9(10)15)11(18)13(16,17)12(19)21-4-2;/h5-6,11H,3-4,18H2,1-2H3;1H/t11-;/m1./s1. The summed E-state index contributed by atoms with van der Waals surface area (Å²) in [4.78, 5) is 11.2. The van der Waals surface area contributed by atoms with Gasteiger partial charge in [-0.25, -0.2) is 9.18 Å². The maximum Gasteiger partial charge on any atom is 0.379 e. The van der Waals surface area contributed by atoms with E-state index in [9.17, 15) is 18.0 Å². The van der Waals surface area contributed by atoms with E-state index in [-0.39, 0.29) is 42.0 Å². The lowest BCUT2D eigenvalue weighted by atomic mass is 10.0. The molecular formula is C13H16Cl2F3NO3. The van der Waals surface area contributed by atoms with Crippen LogP contribution >= 0.6 is 24.0 Å². The molecule has 1 aromatic carbocycles. The third kappa shape index (κ3) is 4.41. The second kappa shape index (κ2) is 8.45. The molecule has 4 nitrogen and oxygen atoms in total. The van der Waals surface area contributed by atoms with Gasteiger partial charge in [0.2, 0.25) is 0 Å². The van der Waals surface area contributed by atoms with E-state index in [0.717, 1.165) is 12.1 Å². The number of halogens is 5. The molecule has 0 bridgehead atoms. The molecule has 22 heavy (non-hydrogen) atoms. The fourth-order valence-electron chi connectivity index (χ4n) is 1.60. The predicted octanol–water partition coefficient (Wildman–Crippen LogP) is 3.50. The SMILES string of the molecule is CCOC(=O)C(F)(F)[C@H](N)c1cc(F)c(OCC)c(Cl)c1.Cl. The van der Waals surface area contributed by atoms with Gasteiger partial charge >= 0.3 is 11.9 Å². The normalized spacial score (nSPS) is 12.3. The zero-order chi connectivity index (χ0) is 16.2. The molecule has 1 rings (SSSR count). The average molecular weight is 362 g/mol. The van der Waals surface area contributed by atoms with Crippen LogP contribution in [0.1, 0.15) is 25.5 Å². The van der Waals surface area contributed by atoms with Crippen LogP contribution in [0.25, 0.3) is 0 Å². The molecule has 9 heteroatoms. The number of alkyl halides is 2. The zero-order valence-corrected chi connectivity index (χ0v) is 13.4. The summed E-state index contributed by atoms with van der Waals surface area (Å²) in [6.45, 7) is 2.93. The zero-order valence-electron chi connectivity index (χ0n) is 11.9. The Morgan fingerprint density at radius 3 is 2.41 bits per heavy atom. The molecule has 0 aliphatic carbocycles. The fraction of sp³-hybridized carbons (Fsp3) is 0.462. The Morgan fingerprint density at radius 2 is 1.95 bits per heavy atom. The van der Waals surface area contributed by atoms with E-state index in [4.69, 9.17) is 22.1 Å². The minimum absolute atomic E-state index is 0. The highest BCUT2D eigenvalue weighted by molar-refractivity contribution is 6.32. The Morgan fingerprint density at radius 1 is 1.36 bits per heavy atom. The molecular weight excluding hydrogens is 346 g/mol. The van der Waals surface area contributed by atoms with Crippen LogP contribution in [0.15, 0.2) is 12.1 Å². The minimum Gasteiger partial charge on any atom is -0.489 e. The first kappa shape index (κ1) is 20.8. The number of carbonyl (C=O) groups is 1. The number of nitrogens with two attached hydrogens (primary N) is 1. The second-order valence-corrected chi connectivity index (χ2v) is 4.47. The summed E-state index contributed by atoms with van der Waals surface area (Å²) in [5.74, 6) is -6.97. The van der Waals surface area contributed by atoms with Gasteiger partial charge in [-0.15, -0.1) is 12.4 Å². The molecule has 1 atom stereocenters. The van der Waals surface area contributed by atoms with Gasteiger partial charge in [-0.05, 0) is 31.5 Å². The molecule has 0 fully saturated rings. The van der Waals surface area contributed by atoms with Crippen LogP contribution in [0.3, 0.4) is 0 Å². The van der Waals surface area contributed by atoms with Gasteiger partial charge in [0.25, 0.3) is 0 Å². The van der Waals surface area contributed by atoms with Crippen molar-refractivity contribution in [2.24, 2.45) is 5.73 Å². The van der Waals surface area contributed by atoms with Crippen molar-refractivity contribution < 1.29 is 27.4 Å². The summed E-state index contributed by atoms with van der Waals surface area (Å²) in [7, 11) is 0. The first-order chi connectivity index (χ1) is 9.75. The number of esters is 1. The topological polar surface area (TPSA) is 61.5 Å². The van der Waals surface area contributed by atoms with Crippen LogP contribution in [0.5, 0.6) is 5.75 Å². The van der Waals surface area contributed by atoms with Gasteiger partial charge in [-0.3, -0.25) is 0 Å². The molecule has 0 unspecified atom stereocenters. The molecule has 0 heterocycles. The van der Waals surface area contributed by atoms with Gasteiger partial charge in [0.15, 0.2) is 11.6 Å². The van der Waals surface area contributed by atoms with Gasteiger partial charge < -0.3 is 15.2 Å². The van der Waals surface area contributed by atoms with Crippen molar-refractivity contribution in [1.82, 2.24) is 0 Å². The van der Waals surface area contributed by atoms with Crippen molar-refractivity contribution >= 4 is 30.0 Å². The third-order valence-corrected chi connectivity index (χ3v) is 2.89. The maximum absolute atomic E-state index is 13.8. The van der Waals surface area contributed by atoms with Gasteiger partial charge in [0.05, 0.1) is 18.2 Å². The van der Waals surface area contributed by atoms with E-state index in [2.05, 4.69) is 4.74 Å². The van der Waals surface area contributed by atoms with Crippen LogP contribution < -0.4 is 10.5 Å². The second-order valence-electron chi connectivity index (χ2n) is 4.07. The lowest BCUT2D eigenvalue weighted by Gasteiger charge is -2.22. The molecule has 0 saturated carbocycles. The highest BCUT2D eigenvalue weighted by Crippen LogP contribution is 2.36. The number of ether oxygens (including phenoxy) is 2. The van der Waals surface area contributed by atoms with Crippen LogP contribution in [0.4, 0.5) is 13.2 Å². The number of hydrogen-bond donors (Lipinski definition) is 1. The predicted molar refractivity (Wildman–Crippen MR) is 78.3 cm³/mol. The average Bonchev–Trinajstić information content (AvgIpc) is 2.42. The smallest absolute Gasteiger partial charge is 0.379 e. The van der Waals surface area contributed by atoms with Gasteiger partial charge in [0.1, 0.15) is 6.04 Å². The molecule has 0 amide bonds. The van der Waals surface area contributed by atoms with Gasteiger partial charge in [-0.2, -0.15) is 8.78 Å². The summed E-state index contributed by atoms with van der Waals surface area (Å²) in [5.41, 5.74) is 5.01. The summed E-state index contributed by atoms with van der Waals surface area (Å²) < 4.78 is 50.6. The summed E-state index contributed by atoms with van der Waals surface area (Å²) in [5, 5.41) is -0.207. The van der Waals surface area contributed by atoms with Crippen molar-refractivity contribution in [3.8, 4) is 5.75 Å². The highest BCUT2D eigenvalue weighted by atomic mass is 35.5. The molecule has 1 aromatic rings. The van der Waals surface area contributed by atoms with Crippen LogP contribution in [-0.4, -0.2) is 25.1 Å². The van der Waals surface area contributed by atoms with Crippen LogP contribution in [0, 0.1) is 5.82 Å². The Kier molecular flexibility index (Phi) is 8.00. The molecule has 0 spiro atoms. The number of benzene rings is 1. The quantitative estimate of drug-likeness (QED) is 0.787. The molecule has 126 valence electrons. The Bertz CT molecular complexity index is 506. The van der Waals surface area contributed by atoms with Gasteiger partial charge in [0, 0.05) is 0 Å². The third-order valence-electron chi connectivity index (χ3n) is 2.61. The highest BCUT2D eigenvalue weighted by Gasteiger charge is 2.48. The van der Waals surface area contributed by atoms with Crippen LogP contribution in [-0.2, 0) is 9.53 Å². The van der Waals surface area contributed by atoms with E-state index in [0.29, 0.717) is 0 Å². The Balaban J connectivity index is 0.00000441. The minimum atomic E-state index is -4.00. The summed E-state index contributed by atoms with van der Waals surface area (Å²) in [6.07, 6.45) is 0. The van der Waals surface area contributed by atoms with Gasteiger partial charge in [-0.1, -0.05) is 11.6 Å². The number of carbonyl (C=O) groups excluding carboxylic acids is 1. The molecule has 0 aliphatic heterocycles. The molecule has 2 N–H and O–H groups in total. The van der Waals surface area contributed by atoms with Crippen molar-refractivity contribution in [2.45, 2.75) is 25.8 Å². The lowest BCUT2D eigenvalue weighted by Crippen LogP contribution is -2.41. The number of hydrogen-bond acceptors (Lipinski definition) is 4. The molecule has 0 aromatic heterocycles. The largest absolute Gasteiger partial charge is 0.489 e. The van der Waals surface area contributed by atoms with E-state index < -0.39 is 23.8 Å². The van der Waals surface area contributed by atoms with Crippen molar-refractivity contribution in [1.29, 1.82) is 0 Å². The van der Waals surface area contributed by atoms with Crippen LogP contribution in [0.2, 0.25) is 5.02 Å². The summed E-state index contributed by atoms with van der Waals surface area (Å²) in [6, 6.07) is -0.290. The Hall–Kier alpha value is -1.18. The number of rotatable bonds is 6. The van der Waals surface area contributed by atoms with Crippen molar-refractivity contribution in [2.75, 3.05) is 13.2 Å². The first-order valence-corrected chi connectivity index (χ1v) is 6.55. The van der Waals surface area contributed by atoms with E-state index in [1.165, 1.54) is 6.92 Å². The monoisotopic (exact) mass is 361 g/mol. The lowest BCUT2D eigenvalue weighted by molar-refractivity contribution is -0.174. The Labute approximate surface area is 137 Å². The molecule has 0 radical (unpaired) electrons. The van der Waals surface area contributed by atoms with E-state index >= 15 is 0 Å². The fourth-order valence-corrected chi connectivity index (χ4v) is 1.88. The van der Waals surface area contributed by atoms with E-state index in [1.54, 1.807) is 6.92 Å². The molecule has 0 aliphatic rings. The van der Waals surface area contributed by atoms with Crippen molar-refractivity contribution in [3.63, 3.8) is 0 Å². The summed E-state index contributed by atoms with van der Waals surface area (Å²) >= 11 is 5.77.